The third kappa shape index (κ3) is 2.10. The first kappa shape index (κ1) is 11.5. The van der Waals surface area contributed by atoms with Gasteiger partial charge in [0.1, 0.15) is 5.82 Å². The molecule has 1 aliphatic rings. The Morgan fingerprint density at radius 1 is 1.38 bits per heavy atom. The van der Waals surface area contributed by atoms with Crippen molar-refractivity contribution >= 4 is 10.0 Å². The van der Waals surface area contributed by atoms with E-state index < -0.39 is 10.0 Å². The Morgan fingerprint density at radius 3 is 2.69 bits per heavy atom. The average Bonchev–Trinajstić information content (AvgIpc) is 2.15. The number of aryl methyl sites for hydroxylation is 1. The topological polar surface area (TPSA) is 37.4 Å². The van der Waals surface area contributed by atoms with E-state index in [-0.39, 0.29) is 5.82 Å². The minimum absolute atomic E-state index is 0.246. The summed E-state index contributed by atoms with van der Waals surface area (Å²) in [6, 6.07) is 2.95. The maximum atomic E-state index is 13.2. The number of rotatable bonds is 1. The van der Waals surface area contributed by atoms with E-state index in [0.717, 1.165) is 16.7 Å². The van der Waals surface area contributed by atoms with Gasteiger partial charge in [0.25, 0.3) is 0 Å². The van der Waals surface area contributed by atoms with Crippen LogP contribution in [-0.4, -0.2) is 25.5 Å². The van der Waals surface area contributed by atoms with Gasteiger partial charge in [-0.1, -0.05) is 0 Å². The lowest BCUT2D eigenvalue weighted by Crippen LogP contribution is -2.35. The zero-order valence-electron chi connectivity index (χ0n) is 9.33. The Hall–Kier alpha value is -0.940. The normalized spacial score (nSPS) is 17.2. The van der Waals surface area contributed by atoms with Crippen molar-refractivity contribution in [2.75, 3.05) is 12.8 Å². The van der Waals surface area contributed by atoms with E-state index in [1.54, 1.807) is 0 Å². The Morgan fingerprint density at radius 2 is 2.06 bits per heavy atom. The Kier molecular flexibility index (Phi) is 2.75. The zero-order valence-corrected chi connectivity index (χ0v) is 10.1. The van der Waals surface area contributed by atoms with Gasteiger partial charge < -0.3 is 0 Å². The molecule has 0 saturated carbocycles. The van der Waals surface area contributed by atoms with Crippen molar-refractivity contribution in [3.8, 4) is 0 Å². The van der Waals surface area contributed by atoms with Crippen LogP contribution in [0, 0.1) is 12.7 Å². The molecule has 0 unspecified atom stereocenters. The van der Waals surface area contributed by atoms with E-state index in [1.165, 1.54) is 22.7 Å². The highest BCUT2D eigenvalue weighted by molar-refractivity contribution is 7.88. The number of benzene rings is 1. The number of hydrogen-bond acceptors (Lipinski definition) is 2. The lowest BCUT2D eigenvalue weighted by atomic mass is 9.96. The SMILES string of the molecule is Cc1cc(F)cc2c1CN(S(C)(=O)=O)CC2. The minimum atomic E-state index is -3.16. The number of nitrogens with zero attached hydrogens (tertiary/aromatic N) is 1. The van der Waals surface area contributed by atoms with Crippen LogP contribution >= 0.6 is 0 Å². The lowest BCUT2D eigenvalue weighted by molar-refractivity contribution is 0.393. The highest BCUT2D eigenvalue weighted by Crippen LogP contribution is 2.24. The summed E-state index contributed by atoms with van der Waals surface area (Å²) in [5.74, 6) is -0.246. The molecule has 1 heterocycles. The first-order chi connectivity index (χ1) is 7.38. The molecule has 88 valence electrons. The van der Waals surface area contributed by atoms with Crippen LogP contribution in [0.1, 0.15) is 16.7 Å². The fraction of sp³-hybridized carbons (Fsp3) is 0.455. The molecule has 0 aromatic heterocycles. The first-order valence-corrected chi connectivity index (χ1v) is 6.96. The number of hydrogen-bond donors (Lipinski definition) is 0. The van der Waals surface area contributed by atoms with Gasteiger partial charge in [0.05, 0.1) is 6.26 Å². The third-order valence-electron chi connectivity index (χ3n) is 2.96. The maximum Gasteiger partial charge on any atom is 0.211 e. The van der Waals surface area contributed by atoms with E-state index in [9.17, 15) is 12.8 Å². The van der Waals surface area contributed by atoms with Crippen molar-refractivity contribution < 1.29 is 12.8 Å². The Balaban J connectivity index is 2.41. The van der Waals surface area contributed by atoms with Crippen molar-refractivity contribution in [3.05, 3.63) is 34.6 Å². The maximum absolute atomic E-state index is 13.2. The van der Waals surface area contributed by atoms with Crippen LogP contribution in [0.15, 0.2) is 12.1 Å². The lowest BCUT2D eigenvalue weighted by Gasteiger charge is -2.28. The molecule has 1 aromatic rings. The van der Waals surface area contributed by atoms with Gasteiger partial charge >= 0.3 is 0 Å². The molecular formula is C11H14FNO2S. The van der Waals surface area contributed by atoms with Crippen molar-refractivity contribution in [1.82, 2.24) is 4.31 Å². The predicted octanol–water partition coefficient (Wildman–Crippen LogP) is 1.45. The molecule has 0 N–H and O–H groups in total. The van der Waals surface area contributed by atoms with Gasteiger partial charge in [-0.3, -0.25) is 0 Å². The molecular weight excluding hydrogens is 229 g/mol. The summed E-state index contributed by atoms with van der Waals surface area (Å²) >= 11 is 0. The minimum Gasteiger partial charge on any atom is -0.212 e. The van der Waals surface area contributed by atoms with Crippen LogP contribution < -0.4 is 0 Å². The van der Waals surface area contributed by atoms with Gasteiger partial charge in [-0.05, 0) is 42.2 Å². The van der Waals surface area contributed by atoms with Gasteiger partial charge in [0.2, 0.25) is 10.0 Å². The Labute approximate surface area is 94.9 Å². The summed E-state index contributed by atoms with van der Waals surface area (Å²) in [4.78, 5) is 0. The fourth-order valence-electron chi connectivity index (χ4n) is 2.08. The molecule has 0 fully saturated rings. The molecule has 2 rings (SSSR count). The van der Waals surface area contributed by atoms with Crippen molar-refractivity contribution in [2.24, 2.45) is 0 Å². The molecule has 0 atom stereocenters. The molecule has 16 heavy (non-hydrogen) atoms. The number of fused-ring (bicyclic) bond motifs is 1. The molecule has 1 aromatic carbocycles. The van der Waals surface area contributed by atoms with Crippen molar-refractivity contribution in [2.45, 2.75) is 19.9 Å². The van der Waals surface area contributed by atoms with E-state index in [0.29, 0.717) is 19.5 Å². The summed E-state index contributed by atoms with van der Waals surface area (Å²) in [6.07, 6.45) is 1.79. The van der Waals surface area contributed by atoms with Crippen LogP contribution in [0.25, 0.3) is 0 Å². The predicted molar refractivity (Wildman–Crippen MR) is 60.1 cm³/mol. The quantitative estimate of drug-likeness (QED) is 0.748. The van der Waals surface area contributed by atoms with Gasteiger partial charge in [-0.15, -0.1) is 0 Å². The molecule has 0 aliphatic carbocycles. The summed E-state index contributed by atoms with van der Waals surface area (Å²) < 4.78 is 37.4. The third-order valence-corrected chi connectivity index (χ3v) is 4.21. The summed E-state index contributed by atoms with van der Waals surface area (Å²) in [5.41, 5.74) is 2.69. The fourth-order valence-corrected chi connectivity index (χ4v) is 2.86. The van der Waals surface area contributed by atoms with E-state index in [1.807, 2.05) is 6.92 Å². The van der Waals surface area contributed by atoms with Crippen molar-refractivity contribution in [3.63, 3.8) is 0 Å². The van der Waals surface area contributed by atoms with Gasteiger partial charge in [-0.2, -0.15) is 4.31 Å². The largest absolute Gasteiger partial charge is 0.212 e. The molecule has 3 nitrogen and oxygen atoms in total. The standard InChI is InChI=1S/C11H14FNO2S/c1-8-5-10(12)6-9-3-4-13(7-11(8)9)16(2,14)15/h5-6H,3-4,7H2,1-2H3. The molecule has 0 amide bonds. The highest BCUT2D eigenvalue weighted by atomic mass is 32.2. The van der Waals surface area contributed by atoms with E-state index in [2.05, 4.69) is 0 Å². The van der Waals surface area contributed by atoms with Crippen LogP contribution in [0.4, 0.5) is 4.39 Å². The smallest absolute Gasteiger partial charge is 0.211 e. The molecule has 0 saturated heterocycles. The number of sulfonamides is 1. The monoisotopic (exact) mass is 243 g/mol. The number of halogens is 1. The van der Waals surface area contributed by atoms with Crippen LogP contribution in [0.5, 0.6) is 0 Å². The second kappa shape index (κ2) is 3.82. The van der Waals surface area contributed by atoms with Crippen LogP contribution in [-0.2, 0) is 23.0 Å². The molecule has 0 radical (unpaired) electrons. The van der Waals surface area contributed by atoms with E-state index in [4.69, 9.17) is 0 Å². The second-order valence-corrected chi connectivity index (χ2v) is 6.19. The highest BCUT2D eigenvalue weighted by Gasteiger charge is 2.24. The van der Waals surface area contributed by atoms with Crippen LogP contribution in [0.3, 0.4) is 0 Å². The van der Waals surface area contributed by atoms with Gasteiger partial charge in [0, 0.05) is 13.1 Å². The summed E-state index contributed by atoms with van der Waals surface area (Å²) in [7, 11) is -3.16. The van der Waals surface area contributed by atoms with Crippen LogP contribution in [0.2, 0.25) is 0 Å². The van der Waals surface area contributed by atoms with Gasteiger partial charge in [0.15, 0.2) is 0 Å². The van der Waals surface area contributed by atoms with Crippen molar-refractivity contribution in [1.29, 1.82) is 0 Å². The Bertz CT molecular complexity index is 525. The van der Waals surface area contributed by atoms with E-state index >= 15 is 0 Å². The average molecular weight is 243 g/mol. The molecule has 0 bridgehead atoms. The van der Waals surface area contributed by atoms with Gasteiger partial charge in [-0.25, -0.2) is 12.8 Å². The summed E-state index contributed by atoms with van der Waals surface area (Å²) in [5, 5.41) is 0. The molecule has 5 heteroatoms. The second-order valence-electron chi connectivity index (χ2n) is 4.21. The first-order valence-electron chi connectivity index (χ1n) is 5.11. The summed E-state index contributed by atoms with van der Waals surface area (Å²) in [6.45, 7) is 2.61. The zero-order chi connectivity index (χ0) is 11.9. The molecule has 1 aliphatic heterocycles. The molecule has 0 spiro atoms.